The van der Waals surface area contributed by atoms with Gasteiger partial charge in [-0.1, -0.05) is 0 Å². The summed E-state index contributed by atoms with van der Waals surface area (Å²) in [6.07, 6.45) is 8.49. The molecule has 1 saturated carbocycles. The van der Waals surface area contributed by atoms with Crippen LogP contribution in [0.25, 0.3) is 0 Å². The fraction of sp³-hybridized carbons (Fsp3) is 0.556. The van der Waals surface area contributed by atoms with Crippen LogP contribution in [0.5, 0.6) is 0 Å². The summed E-state index contributed by atoms with van der Waals surface area (Å²) in [6, 6.07) is 0. The summed E-state index contributed by atoms with van der Waals surface area (Å²) in [5.41, 5.74) is 11.9. The van der Waals surface area contributed by atoms with Crippen LogP contribution >= 0.6 is 0 Å². The van der Waals surface area contributed by atoms with Gasteiger partial charge in [-0.25, -0.2) is 14.5 Å². The Bertz CT molecular complexity index is 1350. The van der Waals surface area contributed by atoms with Crippen LogP contribution in [-0.4, -0.2) is 18.0 Å². The summed E-state index contributed by atoms with van der Waals surface area (Å²) >= 11 is 0. The molecule has 2 aliphatic rings. The molecule has 6 nitrogen and oxygen atoms in total. The molecule has 0 spiro atoms. The molecule has 6 heteroatoms. The van der Waals surface area contributed by atoms with E-state index in [0.717, 1.165) is 95.2 Å². The zero-order valence-corrected chi connectivity index (χ0v) is 27.2. The minimum absolute atomic E-state index is 0.0724. The third-order valence-corrected chi connectivity index (χ3v) is 10.7. The van der Waals surface area contributed by atoms with Gasteiger partial charge in [-0.2, -0.15) is 4.89 Å². The zero-order valence-electron chi connectivity index (χ0n) is 27.2. The molecule has 1 unspecified atom stereocenters. The smallest absolute Gasteiger partial charge is 0.293 e. The summed E-state index contributed by atoms with van der Waals surface area (Å²) in [4.78, 5) is 47.8. The van der Waals surface area contributed by atoms with Crippen LogP contribution in [0.2, 0.25) is 0 Å². The fourth-order valence-corrected chi connectivity index (χ4v) is 6.89. The maximum Gasteiger partial charge on any atom is 0.386 e. The molecular weight excluding hydrogens is 528 g/mol. The average molecular weight is 577 g/mol. The molecule has 0 N–H and O–H groups in total. The number of hydrogen-bond donors (Lipinski definition) is 0. The third-order valence-electron chi connectivity index (χ3n) is 10.7. The number of allylic oxidation sites excluding steroid dienone is 2. The Morgan fingerprint density at radius 3 is 1.40 bits per heavy atom. The molecule has 0 heterocycles. The van der Waals surface area contributed by atoms with E-state index in [2.05, 4.69) is 19.9 Å². The van der Waals surface area contributed by atoms with Gasteiger partial charge < -0.3 is 0 Å². The van der Waals surface area contributed by atoms with Gasteiger partial charge >= 0.3 is 11.9 Å². The summed E-state index contributed by atoms with van der Waals surface area (Å²) < 4.78 is 0. The van der Waals surface area contributed by atoms with Crippen LogP contribution in [0.15, 0.2) is 11.8 Å². The Balaban J connectivity index is 1.24. The van der Waals surface area contributed by atoms with Crippen molar-refractivity contribution in [2.75, 3.05) is 0 Å². The molecule has 0 saturated heterocycles. The topological polar surface area (TPSA) is 71.1 Å². The van der Waals surface area contributed by atoms with E-state index >= 15 is 0 Å². The van der Waals surface area contributed by atoms with E-state index in [9.17, 15) is 9.59 Å². The summed E-state index contributed by atoms with van der Waals surface area (Å²) in [5.74, 6) is 1.05. The summed E-state index contributed by atoms with van der Waals surface area (Å²) in [5, 5.41) is 0. The van der Waals surface area contributed by atoms with Gasteiger partial charge in [0.1, 0.15) is 6.10 Å². The van der Waals surface area contributed by atoms with Crippen LogP contribution in [0.3, 0.4) is 0 Å². The molecular formula is C36H48O6. The molecule has 2 aromatic rings. The summed E-state index contributed by atoms with van der Waals surface area (Å²) in [7, 11) is 0. The van der Waals surface area contributed by atoms with Crippen molar-refractivity contribution in [2.45, 2.75) is 120 Å². The SMILES string of the molecule is Cc1c(C)c(C)c(C(=O)OOC2=CCC(C3CCC(OOC(=O)c4c(C)c(C)c(C)c(C)c4C)CC3)CC2)c(C)c1C. The molecule has 1 fully saturated rings. The molecule has 0 amide bonds. The highest BCUT2D eigenvalue weighted by atomic mass is 17.2. The normalized spacial score (nSPS) is 20.6. The number of rotatable bonds is 7. The second-order valence-corrected chi connectivity index (χ2v) is 12.7. The van der Waals surface area contributed by atoms with Crippen molar-refractivity contribution in [2.24, 2.45) is 11.8 Å². The predicted molar refractivity (Wildman–Crippen MR) is 164 cm³/mol. The van der Waals surface area contributed by atoms with Crippen LogP contribution in [-0.2, 0) is 19.6 Å². The van der Waals surface area contributed by atoms with Gasteiger partial charge in [0.2, 0.25) is 0 Å². The summed E-state index contributed by atoms with van der Waals surface area (Å²) in [6.45, 7) is 20.2. The molecule has 1 atom stereocenters. The highest BCUT2D eigenvalue weighted by molar-refractivity contribution is 5.94. The van der Waals surface area contributed by atoms with E-state index < -0.39 is 11.9 Å². The van der Waals surface area contributed by atoms with Crippen LogP contribution in [0, 0.1) is 81.1 Å². The molecule has 0 bridgehead atoms. The lowest BCUT2D eigenvalue weighted by Crippen LogP contribution is -2.28. The Labute approximate surface area is 251 Å². The first-order valence-corrected chi connectivity index (χ1v) is 15.4. The van der Waals surface area contributed by atoms with Gasteiger partial charge in [-0.15, -0.1) is 0 Å². The van der Waals surface area contributed by atoms with E-state index in [-0.39, 0.29) is 6.10 Å². The van der Waals surface area contributed by atoms with Gasteiger partial charge in [-0.05, 0) is 181 Å². The van der Waals surface area contributed by atoms with Crippen molar-refractivity contribution in [1.29, 1.82) is 0 Å². The van der Waals surface area contributed by atoms with Crippen molar-refractivity contribution < 1.29 is 29.1 Å². The quantitative estimate of drug-likeness (QED) is 0.242. The lowest BCUT2D eigenvalue weighted by atomic mass is 9.74. The van der Waals surface area contributed by atoms with Gasteiger partial charge in [0.15, 0.2) is 5.76 Å². The van der Waals surface area contributed by atoms with Gasteiger partial charge in [0.05, 0.1) is 11.1 Å². The first-order valence-electron chi connectivity index (χ1n) is 15.4. The number of benzene rings is 2. The van der Waals surface area contributed by atoms with E-state index in [0.29, 0.717) is 23.0 Å². The van der Waals surface area contributed by atoms with E-state index in [1.165, 1.54) is 11.1 Å². The highest BCUT2D eigenvalue weighted by Crippen LogP contribution is 2.39. The minimum atomic E-state index is -0.434. The highest BCUT2D eigenvalue weighted by Gasteiger charge is 2.31. The van der Waals surface area contributed by atoms with Gasteiger partial charge in [-0.3, -0.25) is 9.78 Å². The van der Waals surface area contributed by atoms with Crippen molar-refractivity contribution in [3.8, 4) is 0 Å². The molecule has 4 rings (SSSR count). The Morgan fingerprint density at radius 1 is 0.548 bits per heavy atom. The Kier molecular flexibility index (Phi) is 9.87. The van der Waals surface area contributed by atoms with Crippen LogP contribution in [0.1, 0.15) is 121 Å². The Morgan fingerprint density at radius 2 is 0.976 bits per heavy atom. The number of hydrogen-bond acceptors (Lipinski definition) is 6. The molecule has 2 aliphatic carbocycles. The first kappa shape index (κ1) is 31.8. The first-order chi connectivity index (χ1) is 19.8. The average Bonchev–Trinajstić information content (AvgIpc) is 2.99. The molecule has 228 valence electrons. The number of carbonyl (C=O) groups is 2. The van der Waals surface area contributed by atoms with Crippen molar-refractivity contribution in [1.82, 2.24) is 0 Å². The predicted octanol–water partition coefficient (Wildman–Crippen LogP) is 8.89. The maximum atomic E-state index is 12.9. The second kappa shape index (κ2) is 13.0. The van der Waals surface area contributed by atoms with Gasteiger partial charge in [0.25, 0.3) is 0 Å². The van der Waals surface area contributed by atoms with E-state index in [1.807, 2.05) is 55.4 Å². The molecule has 2 aromatic carbocycles. The zero-order chi connectivity index (χ0) is 30.9. The van der Waals surface area contributed by atoms with Crippen molar-refractivity contribution in [3.63, 3.8) is 0 Å². The minimum Gasteiger partial charge on any atom is -0.293 e. The molecule has 0 aromatic heterocycles. The molecule has 42 heavy (non-hydrogen) atoms. The van der Waals surface area contributed by atoms with Crippen LogP contribution in [0.4, 0.5) is 0 Å². The third kappa shape index (κ3) is 6.29. The maximum absolute atomic E-state index is 12.9. The van der Waals surface area contributed by atoms with Crippen LogP contribution < -0.4 is 0 Å². The molecule has 0 radical (unpaired) electrons. The van der Waals surface area contributed by atoms with E-state index in [4.69, 9.17) is 19.6 Å². The largest absolute Gasteiger partial charge is 0.386 e. The van der Waals surface area contributed by atoms with Gasteiger partial charge in [0, 0.05) is 6.42 Å². The second-order valence-electron chi connectivity index (χ2n) is 12.7. The lowest BCUT2D eigenvalue weighted by Gasteiger charge is -2.34. The fourth-order valence-electron chi connectivity index (χ4n) is 6.89. The van der Waals surface area contributed by atoms with Crippen molar-refractivity contribution in [3.05, 3.63) is 78.6 Å². The Hall–Kier alpha value is -3.12. The monoisotopic (exact) mass is 576 g/mol. The lowest BCUT2D eigenvalue weighted by molar-refractivity contribution is -0.281. The standard InChI is InChI=1S/C36H48O6/c1-19-21(3)25(7)33(26(8)22(19)4)35(37)41-39-31-15-11-29(12-16-31)30-13-17-32(18-14-30)40-42-36(38)34-27(9)23(5)20(2)24(6)28(34)10/h15,29-30,32H,11-14,16-18H2,1-10H3. The van der Waals surface area contributed by atoms with Crippen molar-refractivity contribution >= 4 is 11.9 Å². The van der Waals surface area contributed by atoms with E-state index in [1.54, 1.807) is 0 Å². The number of carbonyl (C=O) groups excluding carboxylic acids is 2. The molecule has 0 aliphatic heterocycles.